The van der Waals surface area contributed by atoms with Crippen molar-refractivity contribution in [2.75, 3.05) is 0 Å². The van der Waals surface area contributed by atoms with Crippen molar-refractivity contribution in [1.82, 2.24) is 0 Å². The van der Waals surface area contributed by atoms with E-state index in [4.69, 9.17) is 13.9 Å². The van der Waals surface area contributed by atoms with Crippen LogP contribution < -0.4 is 15.1 Å². The van der Waals surface area contributed by atoms with Crippen molar-refractivity contribution >= 4 is 22.3 Å². The number of rotatable bonds is 6. The second-order valence-electron chi connectivity index (χ2n) is 6.29. The average molecular weight is 420 g/mol. The van der Waals surface area contributed by atoms with Crippen molar-refractivity contribution in [2.45, 2.75) is 0 Å². The lowest BCUT2D eigenvalue weighted by Gasteiger charge is -2.12. The van der Waals surface area contributed by atoms with E-state index in [9.17, 15) is 25.0 Å². The number of nitro groups is 2. The molecule has 0 saturated heterocycles. The zero-order valence-corrected chi connectivity index (χ0v) is 15.6. The van der Waals surface area contributed by atoms with Gasteiger partial charge in [-0.3, -0.25) is 20.2 Å². The molecule has 0 amide bonds. The summed E-state index contributed by atoms with van der Waals surface area (Å²) < 4.78 is 16.8. The molecule has 10 nitrogen and oxygen atoms in total. The first-order chi connectivity index (χ1) is 14.9. The second kappa shape index (κ2) is 7.95. The van der Waals surface area contributed by atoms with Crippen LogP contribution in [0.5, 0.6) is 23.0 Å². The average Bonchev–Trinajstić information content (AvgIpc) is 2.74. The van der Waals surface area contributed by atoms with Crippen molar-refractivity contribution < 1.29 is 23.7 Å². The van der Waals surface area contributed by atoms with Gasteiger partial charge >= 0.3 is 5.63 Å². The van der Waals surface area contributed by atoms with Gasteiger partial charge in [-0.2, -0.15) is 0 Å². The lowest BCUT2D eigenvalue weighted by atomic mass is 10.2. The largest absolute Gasteiger partial charge is 0.457 e. The third-order valence-electron chi connectivity index (χ3n) is 4.23. The zero-order chi connectivity index (χ0) is 22.0. The molecule has 1 aromatic heterocycles. The van der Waals surface area contributed by atoms with Crippen LogP contribution in [0.1, 0.15) is 0 Å². The molecule has 0 saturated carbocycles. The Morgan fingerprint density at radius 3 is 1.77 bits per heavy atom. The standard InChI is InChI=1S/C21H12N2O8/c24-21-10-9-18-19(30-16-7-3-14(4-8-16)23(27)28)11-17(12-20(18)31-21)29-15-5-1-13(2-6-15)22(25)26/h1-12H. The number of nitrogens with zero attached hydrogens (tertiary/aromatic N) is 2. The van der Waals surface area contributed by atoms with Gasteiger partial charge < -0.3 is 13.9 Å². The van der Waals surface area contributed by atoms with Gasteiger partial charge in [0.15, 0.2) is 0 Å². The maximum Gasteiger partial charge on any atom is 0.336 e. The van der Waals surface area contributed by atoms with E-state index in [0.717, 1.165) is 0 Å². The lowest BCUT2D eigenvalue weighted by Crippen LogP contribution is -1.97. The van der Waals surface area contributed by atoms with Crippen molar-refractivity contribution in [1.29, 1.82) is 0 Å². The molecule has 1 heterocycles. The van der Waals surface area contributed by atoms with Crippen LogP contribution in [0.2, 0.25) is 0 Å². The van der Waals surface area contributed by atoms with E-state index in [1.165, 1.54) is 66.7 Å². The molecule has 10 heteroatoms. The van der Waals surface area contributed by atoms with Crippen molar-refractivity contribution in [3.05, 3.63) is 103 Å². The van der Waals surface area contributed by atoms with E-state index in [1.807, 2.05) is 0 Å². The summed E-state index contributed by atoms with van der Waals surface area (Å²) in [4.78, 5) is 32.2. The Hall–Kier alpha value is -4.73. The van der Waals surface area contributed by atoms with Crippen LogP contribution in [0, 0.1) is 20.2 Å². The molecule has 3 aromatic carbocycles. The zero-order valence-electron chi connectivity index (χ0n) is 15.6. The Balaban J connectivity index is 1.70. The first-order valence-electron chi connectivity index (χ1n) is 8.81. The maximum atomic E-state index is 11.6. The number of ether oxygens (including phenoxy) is 2. The number of hydrogen-bond donors (Lipinski definition) is 0. The highest BCUT2D eigenvalue weighted by atomic mass is 16.6. The highest BCUT2D eigenvalue weighted by Crippen LogP contribution is 2.36. The fourth-order valence-electron chi connectivity index (χ4n) is 2.80. The van der Waals surface area contributed by atoms with Gasteiger partial charge in [-0.25, -0.2) is 4.79 Å². The summed E-state index contributed by atoms with van der Waals surface area (Å²) in [6.07, 6.45) is 0. The Bertz CT molecular complexity index is 1340. The third-order valence-corrected chi connectivity index (χ3v) is 4.23. The van der Waals surface area contributed by atoms with Gasteiger partial charge in [-0.05, 0) is 30.3 Å². The molecule has 0 aliphatic heterocycles. The van der Waals surface area contributed by atoms with Gasteiger partial charge in [-0.15, -0.1) is 0 Å². The molecule has 31 heavy (non-hydrogen) atoms. The van der Waals surface area contributed by atoms with Crippen LogP contribution in [0.4, 0.5) is 11.4 Å². The molecule has 4 aromatic rings. The number of fused-ring (bicyclic) bond motifs is 1. The number of hydrogen-bond acceptors (Lipinski definition) is 8. The molecule has 0 unspecified atom stereocenters. The molecule has 0 atom stereocenters. The second-order valence-corrected chi connectivity index (χ2v) is 6.29. The van der Waals surface area contributed by atoms with E-state index in [-0.39, 0.29) is 28.5 Å². The predicted molar refractivity (Wildman–Crippen MR) is 109 cm³/mol. The van der Waals surface area contributed by atoms with E-state index < -0.39 is 15.5 Å². The highest BCUT2D eigenvalue weighted by Gasteiger charge is 2.13. The Labute approximate surface area is 173 Å². The van der Waals surface area contributed by atoms with E-state index in [2.05, 4.69) is 0 Å². The maximum absolute atomic E-state index is 11.6. The summed E-state index contributed by atoms with van der Waals surface area (Å²) in [6, 6.07) is 16.7. The van der Waals surface area contributed by atoms with Crippen LogP contribution in [0.3, 0.4) is 0 Å². The van der Waals surface area contributed by atoms with Gasteiger partial charge in [0.1, 0.15) is 28.6 Å². The first-order valence-corrected chi connectivity index (χ1v) is 8.81. The van der Waals surface area contributed by atoms with Gasteiger partial charge in [-0.1, -0.05) is 0 Å². The minimum Gasteiger partial charge on any atom is -0.457 e. The summed E-state index contributed by atoms with van der Waals surface area (Å²) in [6.45, 7) is 0. The highest BCUT2D eigenvalue weighted by molar-refractivity contribution is 5.85. The molecular weight excluding hydrogens is 408 g/mol. The molecule has 0 aliphatic carbocycles. The monoisotopic (exact) mass is 420 g/mol. The van der Waals surface area contributed by atoms with Crippen LogP contribution in [0.15, 0.2) is 82.0 Å². The Morgan fingerprint density at radius 2 is 1.23 bits per heavy atom. The molecule has 4 rings (SSSR count). The van der Waals surface area contributed by atoms with E-state index in [0.29, 0.717) is 16.9 Å². The summed E-state index contributed by atoms with van der Waals surface area (Å²) in [5.74, 6) is 1.19. The first kappa shape index (κ1) is 19.6. The quantitative estimate of drug-likeness (QED) is 0.236. The van der Waals surface area contributed by atoms with Gasteiger partial charge in [0, 0.05) is 42.5 Å². The van der Waals surface area contributed by atoms with Crippen LogP contribution in [-0.2, 0) is 0 Å². The topological polar surface area (TPSA) is 135 Å². The third kappa shape index (κ3) is 4.32. The SMILES string of the molecule is O=c1ccc2c(Oc3ccc([N+](=O)[O-])cc3)cc(Oc3ccc([N+](=O)[O-])cc3)cc2o1. The summed E-state index contributed by atoms with van der Waals surface area (Å²) >= 11 is 0. The fraction of sp³-hybridized carbons (Fsp3) is 0. The number of benzene rings is 3. The predicted octanol–water partition coefficient (Wildman–Crippen LogP) is 5.19. The minimum atomic E-state index is -0.568. The van der Waals surface area contributed by atoms with Crippen LogP contribution >= 0.6 is 0 Å². The van der Waals surface area contributed by atoms with Crippen LogP contribution in [-0.4, -0.2) is 9.85 Å². The molecule has 0 N–H and O–H groups in total. The normalized spacial score (nSPS) is 10.6. The van der Waals surface area contributed by atoms with Gasteiger partial charge in [0.2, 0.25) is 0 Å². The Morgan fingerprint density at radius 1 is 0.677 bits per heavy atom. The summed E-state index contributed by atoms with van der Waals surface area (Å²) in [7, 11) is 0. The fourth-order valence-corrected chi connectivity index (χ4v) is 2.80. The molecule has 0 aliphatic rings. The molecule has 0 spiro atoms. The van der Waals surface area contributed by atoms with E-state index >= 15 is 0 Å². The van der Waals surface area contributed by atoms with Gasteiger partial charge in [0.05, 0.1) is 15.2 Å². The Kier molecular flexibility index (Phi) is 5.02. The lowest BCUT2D eigenvalue weighted by molar-refractivity contribution is -0.385. The molecule has 0 radical (unpaired) electrons. The minimum absolute atomic E-state index is 0.0842. The molecule has 0 bridgehead atoms. The van der Waals surface area contributed by atoms with Crippen LogP contribution in [0.25, 0.3) is 11.0 Å². The van der Waals surface area contributed by atoms with Crippen molar-refractivity contribution in [2.24, 2.45) is 0 Å². The smallest absolute Gasteiger partial charge is 0.336 e. The number of non-ortho nitro benzene ring substituents is 2. The molecule has 154 valence electrons. The number of nitro benzene ring substituents is 2. The summed E-state index contributed by atoms with van der Waals surface area (Å²) in [5.41, 5.74) is -0.539. The van der Waals surface area contributed by atoms with Gasteiger partial charge in [0.25, 0.3) is 11.4 Å². The molecule has 0 fully saturated rings. The van der Waals surface area contributed by atoms with E-state index in [1.54, 1.807) is 6.07 Å². The molecular formula is C21H12N2O8. The van der Waals surface area contributed by atoms with Crippen molar-refractivity contribution in [3.8, 4) is 23.0 Å². The summed E-state index contributed by atoms with van der Waals surface area (Å²) in [5, 5.41) is 22.1. The van der Waals surface area contributed by atoms with Crippen molar-refractivity contribution in [3.63, 3.8) is 0 Å².